The number of nitrogens with zero attached hydrogens (tertiary/aromatic N) is 6. The maximum absolute atomic E-state index is 12.7. The molecule has 8 heteroatoms. The Bertz CT molecular complexity index is 1100. The molecule has 0 atom stereocenters. The second kappa shape index (κ2) is 7.43. The smallest absolute Gasteiger partial charge is 0.342 e. The van der Waals surface area contributed by atoms with Crippen molar-refractivity contribution in [3.63, 3.8) is 0 Å². The average molecular weight is 374 g/mol. The molecule has 140 valence electrons. The first-order valence-electron chi connectivity index (χ1n) is 8.76. The standard InChI is InChI=1S/C20H18N6O2/c1-14-19(15(2)25(22-14)16-9-5-3-6-10-16)20(27)28-13-18-21-23-24-26(18)17-11-7-4-8-12-17/h3-12H,13H2,1-2H3. The van der Waals surface area contributed by atoms with Crippen LogP contribution in [0.5, 0.6) is 0 Å². The van der Waals surface area contributed by atoms with E-state index in [0.717, 1.165) is 17.1 Å². The molecule has 0 aliphatic carbocycles. The van der Waals surface area contributed by atoms with E-state index in [4.69, 9.17) is 4.74 Å². The summed E-state index contributed by atoms with van der Waals surface area (Å²) in [6.07, 6.45) is 0. The van der Waals surface area contributed by atoms with Crippen LogP contribution in [0.1, 0.15) is 27.6 Å². The van der Waals surface area contributed by atoms with Gasteiger partial charge in [-0.1, -0.05) is 36.4 Å². The number of carbonyl (C=O) groups excluding carboxylic acids is 1. The first kappa shape index (κ1) is 17.6. The van der Waals surface area contributed by atoms with Gasteiger partial charge >= 0.3 is 5.97 Å². The number of benzene rings is 2. The van der Waals surface area contributed by atoms with Crippen molar-refractivity contribution in [2.45, 2.75) is 20.5 Å². The van der Waals surface area contributed by atoms with Crippen LogP contribution in [0.25, 0.3) is 11.4 Å². The van der Waals surface area contributed by atoms with E-state index >= 15 is 0 Å². The summed E-state index contributed by atoms with van der Waals surface area (Å²) in [5.74, 6) is -0.0231. The molecule has 0 saturated carbocycles. The third-order valence-electron chi connectivity index (χ3n) is 4.36. The van der Waals surface area contributed by atoms with Gasteiger partial charge in [-0.05, 0) is 48.5 Å². The molecule has 4 rings (SSSR count). The van der Waals surface area contributed by atoms with Crippen molar-refractivity contribution >= 4 is 5.97 Å². The van der Waals surface area contributed by atoms with Crippen molar-refractivity contribution in [3.05, 3.63) is 83.4 Å². The number of ether oxygens (including phenoxy) is 1. The number of aromatic nitrogens is 6. The van der Waals surface area contributed by atoms with Crippen molar-refractivity contribution in [2.75, 3.05) is 0 Å². The number of tetrazole rings is 1. The Morgan fingerprint density at radius 3 is 2.18 bits per heavy atom. The molecule has 8 nitrogen and oxygen atoms in total. The average Bonchev–Trinajstić information content (AvgIpc) is 3.31. The van der Waals surface area contributed by atoms with Gasteiger partial charge in [-0.25, -0.2) is 9.48 Å². The number of aryl methyl sites for hydroxylation is 1. The molecule has 28 heavy (non-hydrogen) atoms. The molecule has 0 saturated heterocycles. The van der Waals surface area contributed by atoms with E-state index < -0.39 is 5.97 Å². The van der Waals surface area contributed by atoms with Crippen molar-refractivity contribution in [1.82, 2.24) is 30.0 Å². The first-order valence-corrected chi connectivity index (χ1v) is 8.76. The molecular formula is C20H18N6O2. The Morgan fingerprint density at radius 2 is 1.54 bits per heavy atom. The zero-order chi connectivity index (χ0) is 19.5. The van der Waals surface area contributed by atoms with Gasteiger partial charge < -0.3 is 4.74 Å². The molecule has 0 unspecified atom stereocenters. The summed E-state index contributed by atoms with van der Waals surface area (Å²) in [7, 11) is 0. The molecule has 0 aliphatic heterocycles. The van der Waals surface area contributed by atoms with Gasteiger partial charge in [-0.3, -0.25) is 0 Å². The zero-order valence-corrected chi connectivity index (χ0v) is 15.5. The SMILES string of the molecule is Cc1nn(-c2ccccc2)c(C)c1C(=O)OCc1nnnn1-c1ccccc1. The Kier molecular flexibility index (Phi) is 4.67. The normalized spacial score (nSPS) is 10.8. The second-order valence-electron chi connectivity index (χ2n) is 6.21. The van der Waals surface area contributed by atoms with Crippen LogP contribution < -0.4 is 0 Å². The molecule has 0 radical (unpaired) electrons. The second-order valence-corrected chi connectivity index (χ2v) is 6.21. The Balaban J connectivity index is 1.55. The van der Waals surface area contributed by atoms with Crippen molar-refractivity contribution < 1.29 is 9.53 Å². The molecule has 0 fully saturated rings. The number of rotatable bonds is 5. The van der Waals surface area contributed by atoms with Gasteiger partial charge in [0.15, 0.2) is 12.4 Å². The van der Waals surface area contributed by atoms with Crippen LogP contribution in [-0.4, -0.2) is 36.0 Å². The van der Waals surface area contributed by atoms with Gasteiger partial charge in [0.25, 0.3) is 0 Å². The predicted octanol–water partition coefficient (Wildman–Crippen LogP) is 2.82. The molecule has 0 amide bonds. The molecule has 2 aromatic carbocycles. The maximum atomic E-state index is 12.7. The van der Waals surface area contributed by atoms with Crippen LogP contribution >= 0.6 is 0 Å². The Morgan fingerprint density at radius 1 is 0.929 bits per heavy atom. The molecule has 0 aliphatic rings. The van der Waals surface area contributed by atoms with Crippen LogP contribution in [0.15, 0.2) is 60.7 Å². The molecular weight excluding hydrogens is 356 g/mol. The van der Waals surface area contributed by atoms with E-state index in [1.165, 1.54) is 0 Å². The molecule has 2 heterocycles. The number of carbonyl (C=O) groups is 1. The first-order chi connectivity index (χ1) is 13.6. The highest BCUT2D eigenvalue weighted by molar-refractivity contribution is 5.92. The van der Waals surface area contributed by atoms with E-state index in [0.29, 0.717) is 17.1 Å². The maximum Gasteiger partial charge on any atom is 0.342 e. The minimum absolute atomic E-state index is 0.0455. The third kappa shape index (κ3) is 3.27. The van der Waals surface area contributed by atoms with E-state index in [1.807, 2.05) is 67.6 Å². The fourth-order valence-corrected chi connectivity index (χ4v) is 3.03. The summed E-state index contributed by atoms with van der Waals surface area (Å²) in [5, 5.41) is 16.1. The molecule has 0 bridgehead atoms. The van der Waals surface area contributed by atoms with E-state index in [1.54, 1.807) is 16.3 Å². The lowest BCUT2D eigenvalue weighted by Crippen LogP contribution is -2.11. The van der Waals surface area contributed by atoms with Gasteiger partial charge in [0.05, 0.1) is 22.8 Å². The minimum atomic E-state index is -0.459. The minimum Gasteiger partial charge on any atom is -0.454 e. The monoisotopic (exact) mass is 374 g/mol. The highest BCUT2D eigenvalue weighted by Crippen LogP contribution is 2.19. The summed E-state index contributed by atoms with van der Waals surface area (Å²) in [6, 6.07) is 19.1. The van der Waals surface area contributed by atoms with Crippen molar-refractivity contribution in [1.29, 1.82) is 0 Å². The highest BCUT2D eigenvalue weighted by Gasteiger charge is 2.21. The topological polar surface area (TPSA) is 87.7 Å². The fraction of sp³-hybridized carbons (Fsp3) is 0.150. The van der Waals surface area contributed by atoms with Gasteiger partial charge in [-0.2, -0.15) is 9.78 Å². The summed E-state index contributed by atoms with van der Waals surface area (Å²) in [5.41, 5.74) is 3.45. The summed E-state index contributed by atoms with van der Waals surface area (Å²) in [6.45, 7) is 3.59. The quantitative estimate of drug-likeness (QED) is 0.499. The number of hydrogen-bond acceptors (Lipinski definition) is 6. The molecule has 0 N–H and O–H groups in total. The fourth-order valence-electron chi connectivity index (χ4n) is 3.03. The van der Waals surface area contributed by atoms with Crippen molar-refractivity contribution in [2.24, 2.45) is 0 Å². The Labute approximate surface area is 161 Å². The van der Waals surface area contributed by atoms with E-state index in [-0.39, 0.29) is 6.61 Å². The molecule has 2 aromatic heterocycles. The highest BCUT2D eigenvalue weighted by atomic mass is 16.5. The molecule has 0 spiro atoms. The van der Waals surface area contributed by atoms with Crippen LogP contribution in [0.2, 0.25) is 0 Å². The van der Waals surface area contributed by atoms with Gasteiger partial charge in [0, 0.05) is 0 Å². The lowest BCUT2D eigenvalue weighted by molar-refractivity contribution is 0.0457. The number of hydrogen-bond donors (Lipinski definition) is 0. The van der Waals surface area contributed by atoms with Gasteiger partial charge in [0.1, 0.15) is 5.56 Å². The number of para-hydroxylation sites is 2. The van der Waals surface area contributed by atoms with Crippen LogP contribution in [-0.2, 0) is 11.3 Å². The largest absolute Gasteiger partial charge is 0.454 e. The van der Waals surface area contributed by atoms with Crippen LogP contribution in [0, 0.1) is 13.8 Å². The van der Waals surface area contributed by atoms with E-state index in [2.05, 4.69) is 20.6 Å². The summed E-state index contributed by atoms with van der Waals surface area (Å²) in [4.78, 5) is 12.7. The lowest BCUT2D eigenvalue weighted by Gasteiger charge is -2.07. The lowest BCUT2D eigenvalue weighted by atomic mass is 10.2. The molecule has 4 aromatic rings. The predicted molar refractivity (Wildman–Crippen MR) is 101 cm³/mol. The Hall–Kier alpha value is -3.81. The summed E-state index contributed by atoms with van der Waals surface area (Å²) < 4.78 is 8.77. The number of esters is 1. The van der Waals surface area contributed by atoms with E-state index in [9.17, 15) is 4.79 Å². The van der Waals surface area contributed by atoms with Crippen LogP contribution in [0.3, 0.4) is 0 Å². The third-order valence-corrected chi connectivity index (χ3v) is 4.36. The van der Waals surface area contributed by atoms with Crippen molar-refractivity contribution in [3.8, 4) is 11.4 Å². The summed E-state index contributed by atoms with van der Waals surface area (Å²) >= 11 is 0. The zero-order valence-electron chi connectivity index (χ0n) is 15.5. The van der Waals surface area contributed by atoms with Crippen LogP contribution in [0.4, 0.5) is 0 Å². The van der Waals surface area contributed by atoms with Gasteiger partial charge in [0.2, 0.25) is 0 Å². The van der Waals surface area contributed by atoms with Gasteiger partial charge in [-0.15, -0.1) is 5.10 Å².